The van der Waals surface area contributed by atoms with Gasteiger partial charge in [0.2, 0.25) is 0 Å². The molecule has 0 atom stereocenters. The number of rotatable bonds is 8. The summed E-state index contributed by atoms with van der Waals surface area (Å²) in [6.07, 6.45) is 0. The van der Waals surface area contributed by atoms with Gasteiger partial charge in [-0.05, 0) is 151 Å². The molecule has 0 aliphatic rings. The normalized spacial score (nSPS) is 11.7. The molecule has 2 aromatic heterocycles. The number of fused-ring (bicyclic) bond motifs is 9. The minimum absolute atomic E-state index is 0.887. The van der Waals surface area contributed by atoms with E-state index >= 15 is 0 Å². The van der Waals surface area contributed by atoms with Crippen LogP contribution in [0.3, 0.4) is 0 Å². The van der Waals surface area contributed by atoms with Gasteiger partial charge in [0.1, 0.15) is 11.2 Å². The number of furan rings is 1. The van der Waals surface area contributed by atoms with Crippen molar-refractivity contribution in [2.24, 2.45) is 0 Å². The van der Waals surface area contributed by atoms with Crippen LogP contribution in [-0.4, -0.2) is 4.57 Å². The lowest BCUT2D eigenvalue weighted by Crippen LogP contribution is -2.10. The van der Waals surface area contributed by atoms with Gasteiger partial charge in [-0.25, -0.2) is 0 Å². The molecule has 0 fully saturated rings. The van der Waals surface area contributed by atoms with Crippen molar-refractivity contribution in [3.8, 4) is 50.2 Å². The van der Waals surface area contributed by atoms with Crippen LogP contribution in [0.5, 0.6) is 0 Å². The third-order valence-electron chi connectivity index (χ3n) is 14.4. The first-order chi connectivity index (χ1) is 35.2. The third-order valence-corrected chi connectivity index (χ3v) is 14.4. The Morgan fingerprint density at radius 2 is 0.761 bits per heavy atom. The fraction of sp³-hybridized carbons (Fsp3) is 0. The second kappa shape index (κ2) is 16.7. The van der Waals surface area contributed by atoms with E-state index < -0.39 is 0 Å². The first-order valence-corrected chi connectivity index (χ1v) is 24.3. The molecule has 14 aromatic rings. The average Bonchev–Trinajstić information content (AvgIpc) is 3.99. The van der Waals surface area contributed by atoms with Gasteiger partial charge in [-0.2, -0.15) is 0 Å². The molecule has 14 rings (SSSR count). The lowest BCUT2D eigenvalue weighted by molar-refractivity contribution is 0.669. The van der Waals surface area contributed by atoms with E-state index in [4.69, 9.17) is 4.42 Å². The standard InChI is InChI=1S/C68H44N2O/c1-2-21-57-52(14-1)43-64(59-23-4-3-22-58(57)59)51-17-13-19-55(42-51)69(54-18-12-16-49(41-54)50-36-39-63-62-26-7-10-29-67(62)71-68(63)44-50)53-37-34-46(35-38-53)45-30-32-47(33-31-45)48-15-11-20-56(40-48)70-65-27-8-5-24-60(65)61-25-6-9-28-66(61)70/h1-44H. The zero-order valence-electron chi connectivity index (χ0n) is 38.7. The third kappa shape index (κ3) is 6.97. The van der Waals surface area contributed by atoms with E-state index in [1.165, 1.54) is 71.2 Å². The molecule has 0 N–H and O–H groups in total. The van der Waals surface area contributed by atoms with Crippen LogP contribution in [0.4, 0.5) is 17.1 Å². The predicted octanol–water partition coefficient (Wildman–Crippen LogP) is 19.1. The molecule has 0 unspecified atom stereocenters. The Bertz CT molecular complexity index is 4290. The molecule has 0 bridgehead atoms. The van der Waals surface area contributed by atoms with Crippen LogP contribution < -0.4 is 4.90 Å². The van der Waals surface area contributed by atoms with E-state index in [0.29, 0.717) is 0 Å². The number of nitrogens with zero attached hydrogens (tertiary/aromatic N) is 2. The monoisotopic (exact) mass is 904 g/mol. The van der Waals surface area contributed by atoms with Crippen LogP contribution in [0.1, 0.15) is 0 Å². The van der Waals surface area contributed by atoms with Gasteiger partial charge >= 0.3 is 0 Å². The molecule has 71 heavy (non-hydrogen) atoms. The summed E-state index contributed by atoms with van der Waals surface area (Å²) < 4.78 is 8.73. The van der Waals surface area contributed by atoms with Crippen molar-refractivity contribution in [2.75, 3.05) is 4.90 Å². The fourth-order valence-corrected chi connectivity index (χ4v) is 11.0. The quantitative estimate of drug-likeness (QED) is 0.142. The summed E-state index contributed by atoms with van der Waals surface area (Å²) in [4.78, 5) is 2.38. The Morgan fingerprint density at radius 3 is 1.48 bits per heavy atom. The van der Waals surface area contributed by atoms with E-state index in [9.17, 15) is 0 Å². The molecule has 3 nitrogen and oxygen atoms in total. The molecule has 0 saturated heterocycles. The zero-order chi connectivity index (χ0) is 46.8. The van der Waals surface area contributed by atoms with E-state index in [1.807, 2.05) is 12.1 Å². The molecule has 0 spiro atoms. The van der Waals surface area contributed by atoms with E-state index in [1.54, 1.807) is 0 Å². The second-order valence-corrected chi connectivity index (χ2v) is 18.5. The van der Waals surface area contributed by atoms with Gasteiger partial charge in [0.05, 0.1) is 11.0 Å². The lowest BCUT2D eigenvalue weighted by Gasteiger charge is -2.27. The topological polar surface area (TPSA) is 21.3 Å². The smallest absolute Gasteiger partial charge is 0.136 e. The Morgan fingerprint density at radius 1 is 0.268 bits per heavy atom. The van der Waals surface area contributed by atoms with Crippen LogP contribution in [0, 0.1) is 0 Å². The largest absolute Gasteiger partial charge is 0.456 e. The maximum Gasteiger partial charge on any atom is 0.136 e. The fourth-order valence-electron chi connectivity index (χ4n) is 11.0. The predicted molar refractivity (Wildman–Crippen MR) is 299 cm³/mol. The number of hydrogen-bond donors (Lipinski definition) is 0. The zero-order valence-corrected chi connectivity index (χ0v) is 38.7. The first kappa shape index (κ1) is 40.6. The summed E-state index contributed by atoms with van der Waals surface area (Å²) in [7, 11) is 0. The summed E-state index contributed by atoms with van der Waals surface area (Å²) in [5.74, 6) is 0. The number of para-hydroxylation sites is 3. The van der Waals surface area contributed by atoms with Crippen molar-refractivity contribution < 1.29 is 4.42 Å². The van der Waals surface area contributed by atoms with Crippen molar-refractivity contribution in [1.29, 1.82) is 0 Å². The molecule has 0 saturated carbocycles. The highest BCUT2D eigenvalue weighted by Crippen LogP contribution is 2.42. The van der Waals surface area contributed by atoms with Crippen molar-refractivity contribution in [1.82, 2.24) is 4.57 Å². The SMILES string of the molecule is c1cc(-c2ccc3c(c2)oc2ccccc23)cc(N(c2ccc(-c3ccc(-c4cccc(-n5c6ccccc6c6ccccc65)c4)cc3)cc2)c2cccc(-c3cc4ccccc4c4ccccc34)c2)c1. The number of hydrogen-bond acceptors (Lipinski definition) is 2. The van der Waals surface area contributed by atoms with E-state index in [0.717, 1.165) is 61.4 Å². The summed E-state index contributed by atoms with van der Waals surface area (Å²) in [5.41, 5.74) is 17.8. The van der Waals surface area contributed by atoms with Crippen molar-refractivity contribution in [2.45, 2.75) is 0 Å². The molecule has 0 amide bonds. The minimum Gasteiger partial charge on any atom is -0.456 e. The molecule has 12 aromatic carbocycles. The molecule has 0 radical (unpaired) electrons. The number of benzene rings is 12. The van der Waals surface area contributed by atoms with Gasteiger partial charge in [0.25, 0.3) is 0 Å². The maximum absolute atomic E-state index is 6.35. The highest BCUT2D eigenvalue weighted by Gasteiger charge is 2.18. The minimum atomic E-state index is 0.887. The second-order valence-electron chi connectivity index (χ2n) is 18.5. The average molecular weight is 905 g/mol. The Labute approximate surface area is 411 Å². The van der Waals surface area contributed by atoms with Gasteiger partial charge in [-0.1, -0.05) is 182 Å². The van der Waals surface area contributed by atoms with Gasteiger partial charge in [-0.15, -0.1) is 0 Å². The van der Waals surface area contributed by atoms with Gasteiger partial charge < -0.3 is 13.9 Å². The lowest BCUT2D eigenvalue weighted by atomic mass is 9.93. The van der Waals surface area contributed by atoms with Crippen LogP contribution in [0.2, 0.25) is 0 Å². The number of anilines is 3. The number of aromatic nitrogens is 1. The summed E-state index contributed by atoms with van der Waals surface area (Å²) in [6, 6.07) is 96.8. The molecule has 0 aliphatic carbocycles. The molecule has 2 heterocycles. The van der Waals surface area contributed by atoms with Crippen molar-refractivity contribution in [3.63, 3.8) is 0 Å². The van der Waals surface area contributed by atoms with Crippen LogP contribution in [0.15, 0.2) is 271 Å². The Balaban J connectivity index is 0.835. The van der Waals surface area contributed by atoms with E-state index in [-0.39, 0.29) is 0 Å². The summed E-state index contributed by atoms with van der Waals surface area (Å²) in [5, 5.41) is 9.78. The molecule has 332 valence electrons. The molecular weight excluding hydrogens is 861 g/mol. The van der Waals surface area contributed by atoms with Crippen molar-refractivity contribution in [3.05, 3.63) is 267 Å². The first-order valence-electron chi connectivity index (χ1n) is 24.3. The maximum atomic E-state index is 6.35. The van der Waals surface area contributed by atoms with Gasteiger partial charge in [-0.3, -0.25) is 0 Å². The summed E-state index contributed by atoms with van der Waals surface area (Å²) in [6.45, 7) is 0. The van der Waals surface area contributed by atoms with Gasteiger partial charge in [0.15, 0.2) is 0 Å². The van der Waals surface area contributed by atoms with E-state index in [2.05, 4.69) is 264 Å². The molecule has 3 heteroatoms. The highest BCUT2D eigenvalue weighted by atomic mass is 16.3. The van der Waals surface area contributed by atoms with Crippen LogP contribution in [-0.2, 0) is 0 Å². The Hall–Kier alpha value is -9.44. The summed E-state index contributed by atoms with van der Waals surface area (Å²) >= 11 is 0. The Kier molecular flexibility index (Phi) is 9.53. The molecule has 0 aliphatic heterocycles. The highest BCUT2D eigenvalue weighted by molar-refractivity contribution is 6.14. The van der Waals surface area contributed by atoms with Gasteiger partial charge in [0, 0.05) is 44.3 Å². The van der Waals surface area contributed by atoms with Crippen molar-refractivity contribution >= 4 is 82.4 Å². The molecular formula is C68H44N2O. The van der Waals surface area contributed by atoms with Crippen LogP contribution >= 0.6 is 0 Å². The van der Waals surface area contributed by atoms with Crippen LogP contribution in [0.25, 0.3) is 115 Å².